The quantitative estimate of drug-likeness (QED) is 0.867. The average Bonchev–Trinajstić information content (AvgIpc) is 2.40. The van der Waals surface area contributed by atoms with Crippen molar-refractivity contribution >= 4 is 21.9 Å². The third kappa shape index (κ3) is 3.15. The molecule has 0 saturated heterocycles. The first-order valence-corrected chi connectivity index (χ1v) is 7.04. The van der Waals surface area contributed by atoms with E-state index in [4.69, 9.17) is 4.74 Å². The van der Waals surface area contributed by atoms with E-state index in [1.807, 2.05) is 0 Å². The molecule has 2 radical (unpaired) electrons. The summed E-state index contributed by atoms with van der Waals surface area (Å²) in [6.45, 7) is 2.17. The van der Waals surface area contributed by atoms with Gasteiger partial charge in [0.1, 0.15) is 0 Å². The molecule has 1 heterocycles. The summed E-state index contributed by atoms with van der Waals surface area (Å²) in [5.41, 5.74) is -0.380. The molecule has 1 N–H and O–H groups in total. The molecular formula is C14H16BrNO3. The van der Waals surface area contributed by atoms with Crippen molar-refractivity contribution in [1.82, 2.24) is 4.98 Å². The number of hydrogen-bond donors (Lipinski definition) is 1. The Bertz CT molecular complexity index is 456. The third-order valence-electron chi connectivity index (χ3n) is 3.25. The van der Waals surface area contributed by atoms with E-state index >= 15 is 0 Å². The fourth-order valence-corrected chi connectivity index (χ4v) is 2.76. The molecule has 5 heteroatoms. The lowest BCUT2D eigenvalue weighted by Crippen LogP contribution is -2.36. The van der Waals surface area contributed by atoms with E-state index in [0.717, 1.165) is 10.0 Å². The highest BCUT2D eigenvalue weighted by Gasteiger charge is 2.39. The summed E-state index contributed by atoms with van der Waals surface area (Å²) in [5, 5.41) is 10.6. The van der Waals surface area contributed by atoms with Gasteiger partial charge in [-0.05, 0) is 54.6 Å². The van der Waals surface area contributed by atoms with E-state index in [2.05, 4.69) is 20.9 Å². The molecule has 1 saturated carbocycles. The summed E-state index contributed by atoms with van der Waals surface area (Å²) < 4.78 is 5.75. The van der Waals surface area contributed by atoms with Crippen molar-refractivity contribution in [2.24, 2.45) is 5.92 Å². The van der Waals surface area contributed by atoms with E-state index in [0.29, 0.717) is 19.4 Å². The van der Waals surface area contributed by atoms with Crippen molar-refractivity contribution in [1.29, 1.82) is 0 Å². The zero-order valence-corrected chi connectivity index (χ0v) is 12.3. The number of hydrogen-bond acceptors (Lipinski definition) is 4. The summed E-state index contributed by atoms with van der Waals surface area (Å²) in [6.07, 6.45) is 7.78. The van der Waals surface area contributed by atoms with E-state index in [9.17, 15) is 9.90 Å². The Morgan fingerprint density at radius 3 is 2.84 bits per heavy atom. The topological polar surface area (TPSA) is 59.4 Å². The van der Waals surface area contributed by atoms with Gasteiger partial charge in [-0.2, -0.15) is 0 Å². The van der Waals surface area contributed by atoms with E-state index in [-0.39, 0.29) is 11.9 Å². The smallest absolute Gasteiger partial charge is 0.308 e. The molecule has 1 fully saturated rings. The molecule has 0 bridgehead atoms. The largest absolute Gasteiger partial charge is 0.466 e. The zero-order valence-electron chi connectivity index (χ0n) is 10.7. The molecule has 1 aromatic rings. The van der Waals surface area contributed by atoms with Gasteiger partial charge in [0.05, 0.1) is 18.1 Å². The lowest BCUT2D eigenvalue weighted by atomic mass is 9.75. The predicted octanol–water partition coefficient (Wildman–Crippen LogP) is 2.41. The maximum absolute atomic E-state index is 11.6. The van der Waals surface area contributed by atoms with Crippen LogP contribution in [0.2, 0.25) is 0 Å². The molecule has 0 amide bonds. The first kappa shape index (κ1) is 14.5. The number of carbonyl (C=O) groups excluding carboxylic acids is 1. The maximum atomic E-state index is 11.6. The first-order valence-electron chi connectivity index (χ1n) is 6.24. The van der Waals surface area contributed by atoms with Gasteiger partial charge in [-0.25, -0.2) is 0 Å². The van der Waals surface area contributed by atoms with Crippen LogP contribution in [0, 0.1) is 18.8 Å². The number of ether oxygens (including phenoxy) is 1. The van der Waals surface area contributed by atoms with Crippen LogP contribution in [-0.2, 0) is 15.1 Å². The van der Waals surface area contributed by atoms with Crippen LogP contribution >= 0.6 is 15.9 Å². The number of halogens is 1. The minimum atomic E-state index is -1.12. The standard InChI is InChI=1S/C14H16BrNO3/c1-2-19-13(17)10-3-6-14(18,7-4-10)11-5-8-16-9-12(11)15/h5-10,18H,2-4H2,1H3. The number of pyridine rings is 1. The highest BCUT2D eigenvalue weighted by atomic mass is 79.9. The minimum Gasteiger partial charge on any atom is -0.466 e. The molecule has 19 heavy (non-hydrogen) atoms. The molecular weight excluding hydrogens is 310 g/mol. The Hall–Kier alpha value is -0.940. The van der Waals surface area contributed by atoms with Gasteiger partial charge in [0.25, 0.3) is 0 Å². The Kier molecular flexibility index (Phi) is 4.58. The maximum Gasteiger partial charge on any atom is 0.308 e. The van der Waals surface area contributed by atoms with Crippen molar-refractivity contribution in [2.75, 3.05) is 6.61 Å². The monoisotopic (exact) mass is 325 g/mol. The Morgan fingerprint density at radius 1 is 1.58 bits per heavy atom. The molecule has 0 unspecified atom stereocenters. The van der Waals surface area contributed by atoms with Gasteiger partial charge in [0.15, 0.2) is 0 Å². The molecule has 102 valence electrons. The Labute approximate surface area is 121 Å². The summed E-state index contributed by atoms with van der Waals surface area (Å²) >= 11 is 3.38. The van der Waals surface area contributed by atoms with Crippen molar-refractivity contribution in [3.8, 4) is 0 Å². The number of esters is 1. The number of aromatic nitrogens is 1. The molecule has 1 aliphatic rings. The van der Waals surface area contributed by atoms with Crippen LogP contribution in [0.5, 0.6) is 0 Å². The Morgan fingerprint density at radius 2 is 2.26 bits per heavy atom. The van der Waals surface area contributed by atoms with E-state index in [1.54, 1.807) is 38.2 Å². The van der Waals surface area contributed by atoms with E-state index in [1.165, 1.54) is 0 Å². The van der Waals surface area contributed by atoms with Crippen LogP contribution in [-0.4, -0.2) is 22.7 Å². The van der Waals surface area contributed by atoms with Crippen LogP contribution in [0.15, 0.2) is 22.9 Å². The number of rotatable bonds is 3. The SMILES string of the molecule is CCOC(=O)C1C[CH]C(O)(c2ccncc2Br)[CH]C1. The lowest BCUT2D eigenvalue weighted by molar-refractivity contribution is -0.148. The number of aliphatic hydroxyl groups is 1. The molecule has 0 spiro atoms. The molecule has 1 aromatic heterocycles. The zero-order chi connectivity index (χ0) is 13.9. The normalized spacial score (nSPS) is 27.0. The summed E-state index contributed by atoms with van der Waals surface area (Å²) in [7, 11) is 0. The fraction of sp³-hybridized carbons (Fsp3) is 0.429. The Balaban J connectivity index is 2.06. The minimum absolute atomic E-state index is 0.194. The molecule has 4 nitrogen and oxygen atoms in total. The van der Waals surface area contributed by atoms with E-state index < -0.39 is 5.60 Å². The summed E-state index contributed by atoms with van der Waals surface area (Å²) in [5.74, 6) is -0.397. The van der Waals surface area contributed by atoms with Crippen molar-refractivity contribution in [2.45, 2.75) is 25.4 Å². The molecule has 2 rings (SSSR count). The molecule has 0 aromatic carbocycles. The van der Waals surface area contributed by atoms with Crippen LogP contribution in [0.4, 0.5) is 0 Å². The van der Waals surface area contributed by atoms with Gasteiger partial charge in [-0.3, -0.25) is 9.78 Å². The highest BCUT2D eigenvalue weighted by molar-refractivity contribution is 9.10. The van der Waals surface area contributed by atoms with Crippen LogP contribution in [0.25, 0.3) is 0 Å². The molecule has 0 atom stereocenters. The van der Waals surface area contributed by atoms with Crippen molar-refractivity contribution < 1.29 is 14.6 Å². The molecule has 1 aliphatic carbocycles. The predicted molar refractivity (Wildman–Crippen MR) is 73.8 cm³/mol. The second-order valence-electron chi connectivity index (χ2n) is 4.51. The highest BCUT2D eigenvalue weighted by Crippen LogP contribution is 2.40. The van der Waals surface area contributed by atoms with Crippen LogP contribution < -0.4 is 0 Å². The van der Waals surface area contributed by atoms with Gasteiger partial charge in [-0.15, -0.1) is 0 Å². The second-order valence-corrected chi connectivity index (χ2v) is 5.36. The number of carbonyl (C=O) groups is 1. The lowest BCUT2D eigenvalue weighted by Gasteiger charge is -2.35. The molecule has 0 aliphatic heterocycles. The van der Waals surface area contributed by atoms with Gasteiger partial charge in [-0.1, -0.05) is 0 Å². The van der Waals surface area contributed by atoms with Crippen molar-refractivity contribution in [3.63, 3.8) is 0 Å². The van der Waals surface area contributed by atoms with Crippen LogP contribution in [0.1, 0.15) is 25.3 Å². The average molecular weight is 326 g/mol. The van der Waals surface area contributed by atoms with Crippen LogP contribution in [0.3, 0.4) is 0 Å². The second kappa shape index (κ2) is 6.01. The fourth-order valence-electron chi connectivity index (χ4n) is 2.20. The van der Waals surface area contributed by atoms with Gasteiger partial charge in [0.2, 0.25) is 0 Å². The van der Waals surface area contributed by atoms with Crippen molar-refractivity contribution in [3.05, 3.63) is 41.3 Å². The van der Waals surface area contributed by atoms with Gasteiger partial charge < -0.3 is 9.84 Å². The number of nitrogens with zero attached hydrogens (tertiary/aromatic N) is 1. The van der Waals surface area contributed by atoms with Gasteiger partial charge in [0, 0.05) is 22.4 Å². The van der Waals surface area contributed by atoms with Gasteiger partial charge >= 0.3 is 5.97 Å². The third-order valence-corrected chi connectivity index (χ3v) is 3.88. The first-order chi connectivity index (χ1) is 9.07. The summed E-state index contributed by atoms with van der Waals surface area (Å²) in [4.78, 5) is 15.6. The summed E-state index contributed by atoms with van der Waals surface area (Å²) in [6, 6.07) is 1.77.